The predicted octanol–water partition coefficient (Wildman–Crippen LogP) is 4.93. The maximum absolute atomic E-state index is 11.1. The van der Waals surface area contributed by atoms with Gasteiger partial charge in [-0.2, -0.15) is 5.26 Å². The van der Waals surface area contributed by atoms with Gasteiger partial charge >= 0.3 is 5.69 Å². The second-order valence-electron chi connectivity index (χ2n) is 5.04. The Bertz CT molecular complexity index is 914. The van der Waals surface area contributed by atoms with Gasteiger partial charge in [0.25, 0.3) is 0 Å². The number of hydrogen-bond donors (Lipinski definition) is 0. The highest BCUT2D eigenvalue weighted by molar-refractivity contribution is 5.64. The van der Waals surface area contributed by atoms with Gasteiger partial charge in [0.2, 0.25) is 5.75 Å². The minimum atomic E-state index is -0.561. The van der Waals surface area contributed by atoms with Crippen LogP contribution in [0.2, 0.25) is 0 Å². The van der Waals surface area contributed by atoms with Gasteiger partial charge in [0, 0.05) is 6.07 Å². The number of nitriles is 1. The van der Waals surface area contributed by atoms with E-state index in [1.54, 1.807) is 12.1 Å². The van der Waals surface area contributed by atoms with Crippen LogP contribution in [-0.4, -0.2) is 4.92 Å². The van der Waals surface area contributed by atoms with E-state index in [0.717, 1.165) is 11.1 Å². The summed E-state index contributed by atoms with van der Waals surface area (Å²) in [5.41, 5.74) is 2.08. The summed E-state index contributed by atoms with van der Waals surface area (Å²) in [4.78, 5) is 10.6. The van der Waals surface area contributed by atoms with Crippen LogP contribution in [-0.2, 0) is 0 Å². The van der Waals surface area contributed by atoms with E-state index in [9.17, 15) is 10.1 Å². The first-order chi connectivity index (χ1) is 11.7. The van der Waals surface area contributed by atoms with Crippen molar-refractivity contribution in [2.75, 3.05) is 0 Å². The number of rotatable bonds is 4. The summed E-state index contributed by atoms with van der Waals surface area (Å²) in [6.45, 7) is 0. The lowest BCUT2D eigenvalue weighted by atomic mass is 10.1. The number of nitro benzene ring substituents is 1. The molecule has 0 spiro atoms. The summed E-state index contributed by atoms with van der Waals surface area (Å²) in [5.74, 6) is 0.592. The van der Waals surface area contributed by atoms with E-state index in [1.807, 2.05) is 48.5 Å². The molecule has 3 aromatic rings. The zero-order valence-corrected chi connectivity index (χ0v) is 12.5. The van der Waals surface area contributed by atoms with Gasteiger partial charge in [-0.15, -0.1) is 0 Å². The summed E-state index contributed by atoms with van der Waals surface area (Å²) in [6, 6.07) is 23.2. The average molecular weight is 316 g/mol. The van der Waals surface area contributed by atoms with Gasteiger partial charge < -0.3 is 4.74 Å². The molecule has 24 heavy (non-hydrogen) atoms. The van der Waals surface area contributed by atoms with E-state index in [0.29, 0.717) is 5.75 Å². The molecule has 0 atom stereocenters. The van der Waals surface area contributed by atoms with Crippen LogP contribution in [0.5, 0.6) is 11.5 Å². The fourth-order valence-electron chi connectivity index (χ4n) is 2.29. The van der Waals surface area contributed by atoms with Crippen molar-refractivity contribution < 1.29 is 9.66 Å². The van der Waals surface area contributed by atoms with E-state index >= 15 is 0 Å². The van der Waals surface area contributed by atoms with Crippen molar-refractivity contribution in [1.82, 2.24) is 0 Å². The Kier molecular flexibility index (Phi) is 4.21. The number of ether oxygens (including phenoxy) is 1. The molecule has 0 unspecified atom stereocenters. The van der Waals surface area contributed by atoms with Crippen LogP contribution in [0.25, 0.3) is 11.1 Å². The second-order valence-corrected chi connectivity index (χ2v) is 5.04. The Balaban J connectivity index is 1.87. The summed E-state index contributed by atoms with van der Waals surface area (Å²) >= 11 is 0. The minimum Gasteiger partial charge on any atom is -0.450 e. The zero-order chi connectivity index (χ0) is 16.9. The molecule has 0 fully saturated rings. The van der Waals surface area contributed by atoms with Crippen molar-refractivity contribution in [3.63, 3.8) is 0 Å². The van der Waals surface area contributed by atoms with Crippen molar-refractivity contribution in [3.8, 4) is 28.7 Å². The fraction of sp³-hybridized carbons (Fsp3) is 0. The van der Waals surface area contributed by atoms with Crippen LogP contribution in [0.15, 0.2) is 72.8 Å². The number of hydrogen-bond acceptors (Lipinski definition) is 4. The molecule has 0 aliphatic rings. The maximum Gasteiger partial charge on any atom is 0.312 e. The SMILES string of the molecule is N#Cc1ccc(Oc2ccc(-c3ccccc3)cc2)c([N+](=O)[O-])c1. The smallest absolute Gasteiger partial charge is 0.312 e. The minimum absolute atomic E-state index is 0.103. The molecule has 0 saturated heterocycles. The highest BCUT2D eigenvalue weighted by atomic mass is 16.6. The Labute approximate surface area is 138 Å². The second kappa shape index (κ2) is 6.63. The molecule has 116 valence electrons. The fourth-order valence-corrected chi connectivity index (χ4v) is 2.29. The molecule has 0 radical (unpaired) electrons. The molecule has 0 aromatic heterocycles. The monoisotopic (exact) mass is 316 g/mol. The van der Waals surface area contributed by atoms with Crippen LogP contribution in [0.1, 0.15) is 5.56 Å². The Morgan fingerprint density at radius 1 is 0.917 bits per heavy atom. The highest BCUT2D eigenvalue weighted by Crippen LogP contribution is 2.33. The largest absolute Gasteiger partial charge is 0.450 e. The van der Waals surface area contributed by atoms with Gasteiger partial charge in [0.15, 0.2) is 0 Å². The van der Waals surface area contributed by atoms with Crippen LogP contribution >= 0.6 is 0 Å². The summed E-state index contributed by atoms with van der Waals surface area (Å²) in [5, 5.41) is 20.0. The van der Waals surface area contributed by atoms with Crippen molar-refractivity contribution in [1.29, 1.82) is 5.26 Å². The van der Waals surface area contributed by atoms with E-state index in [-0.39, 0.29) is 17.0 Å². The predicted molar refractivity (Wildman–Crippen MR) is 89.8 cm³/mol. The van der Waals surface area contributed by atoms with Gasteiger partial charge in [0.05, 0.1) is 16.6 Å². The average Bonchev–Trinajstić information content (AvgIpc) is 2.63. The molecule has 5 heteroatoms. The summed E-state index contributed by atoms with van der Waals surface area (Å²) < 4.78 is 5.61. The van der Waals surface area contributed by atoms with Crippen molar-refractivity contribution >= 4 is 5.69 Å². The van der Waals surface area contributed by atoms with Gasteiger partial charge in [0.1, 0.15) is 5.75 Å². The lowest BCUT2D eigenvalue weighted by Crippen LogP contribution is -1.94. The van der Waals surface area contributed by atoms with E-state index < -0.39 is 4.92 Å². The van der Waals surface area contributed by atoms with Crippen LogP contribution in [0, 0.1) is 21.4 Å². The van der Waals surface area contributed by atoms with Crippen LogP contribution in [0.4, 0.5) is 5.69 Å². The molecular weight excluding hydrogens is 304 g/mol. The Hall–Kier alpha value is -3.65. The third-order valence-electron chi connectivity index (χ3n) is 3.47. The third kappa shape index (κ3) is 3.23. The quantitative estimate of drug-likeness (QED) is 0.505. The van der Waals surface area contributed by atoms with Gasteiger partial charge in [-0.05, 0) is 35.4 Å². The molecule has 0 aliphatic carbocycles. The molecule has 0 aliphatic heterocycles. The standard InChI is InChI=1S/C19H12N2O3/c20-13-14-6-11-19(18(12-14)21(22)23)24-17-9-7-16(8-10-17)15-4-2-1-3-5-15/h1-12H. The van der Waals surface area contributed by atoms with Gasteiger partial charge in [-0.1, -0.05) is 42.5 Å². The van der Waals surface area contributed by atoms with Gasteiger partial charge in [-0.25, -0.2) is 0 Å². The summed E-state index contributed by atoms with van der Waals surface area (Å²) in [7, 11) is 0. The molecule has 3 aromatic carbocycles. The van der Waals surface area contributed by atoms with E-state index in [4.69, 9.17) is 10.00 Å². The van der Waals surface area contributed by atoms with Crippen molar-refractivity contribution in [2.24, 2.45) is 0 Å². The van der Waals surface area contributed by atoms with E-state index in [1.165, 1.54) is 18.2 Å². The number of nitrogens with zero attached hydrogens (tertiary/aromatic N) is 2. The lowest BCUT2D eigenvalue weighted by Gasteiger charge is -2.08. The molecule has 0 amide bonds. The molecule has 3 rings (SSSR count). The molecular formula is C19H12N2O3. The topological polar surface area (TPSA) is 76.2 Å². The molecule has 0 heterocycles. The Morgan fingerprint density at radius 2 is 1.58 bits per heavy atom. The van der Waals surface area contributed by atoms with Gasteiger partial charge in [-0.3, -0.25) is 10.1 Å². The zero-order valence-electron chi connectivity index (χ0n) is 12.5. The molecule has 0 N–H and O–H groups in total. The first kappa shape index (κ1) is 15.3. The van der Waals surface area contributed by atoms with Crippen molar-refractivity contribution in [2.45, 2.75) is 0 Å². The first-order valence-electron chi connectivity index (χ1n) is 7.19. The summed E-state index contributed by atoms with van der Waals surface area (Å²) in [6.07, 6.45) is 0. The third-order valence-corrected chi connectivity index (χ3v) is 3.47. The van der Waals surface area contributed by atoms with Crippen molar-refractivity contribution in [3.05, 3.63) is 88.5 Å². The highest BCUT2D eigenvalue weighted by Gasteiger charge is 2.16. The van der Waals surface area contributed by atoms with E-state index in [2.05, 4.69) is 0 Å². The van der Waals surface area contributed by atoms with Crippen LogP contribution < -0.4 is 4.74 Å². The number of benzene rings is 3. The molecule has 0 bridgehead atoms. The normalized spacial score (nSPS) is 9.96. The molecule has 0 saturated carbocycles. The maximum atomic E-state index is 11.1. The lowest BCUT2D eigenvalue weighted by molar-refractivity contribution is -0.385. The molecule has 5 nitrogen and oxygen atoms in total. The Morgan fingerprint density at radius 3 is 2.21 bits per heavy atom. The van der Waals surface area contributed by atoms with Crippen LogP contribution in [0.3, 0.4) is 0 Å². The number of nitro groups is 1. The first-order valence-corrected chi connectivity index (χ1v) is 7.19.